The highest BCUT2D eigenvalue weighted by Gasteiger charge is 2.43. The highest BCUT2D eigenvalue weighted by molar-refractivity contribution is 5.80. The van der Waals surface area contributed by atoms with Gasteiger partial charge in [-0.25, -0.2) is 0 Å². The Morgan fingerprint density at radius 2 is 2.22 bits per heavy atom. The maximum atomic E-state index is 5.28. The van der Waals surface area contributed by atoms with E-state index < -0.39 is 0 Å². The lowest BCUT2D eigenvalue weighted by Gasteiger charge is -2.38. The Labute approximate surface area is 138 Å². The normalized spacial score (nSPS) is 20.3. The van der Waals surface area contributed by atoms with Gasteiger partial charge in [-0.15, -0.1) is 0 Å². The maximum absolute atomic E-state index is 5.28. The third-order valence-corrected chi connectivity index (χ3v) is 5.21. The molecule has 0 atom stereocenters. The summed E-state index contributed by atoms with van der Waals surface area (Å²) in [6.45, 7) is 7.35. The van der Waals surface area contributed by atoms with Crippen molar-refractivity contribution in [2.45, 2.75) is 58.3 Å². The zero-order valence-electron chi connectivity index (χ0n) is 14.6. The molecule has 0 bridgehead atoms. The SMILES string of the molecule is CN=C(NCCCc1nc(C(C)C)no1)N1CCC2(CCC2)C1. The minimum Gasteiger partial charge on any atom is -0.356 e. The minimum atomic E-state index is 0.318. The summed E-state index contributed by atoms with van der Waals surface area (Å²) >= 11 is 0. The summed E-state index contributed by atoms with van der Waals surface area (Å²) in [5, 5.41) is 7.49. The van der Waals surface area contributed by atoms with E-state index in [1.165, 1.54) is 32.2 Å². The molecular weight excluding hydrogens is 290 g/mol. The van der Waals surface area contributed by atoms with Crippen molar-refractivity contribution < 1.29 is 4.52 Å². The average molecular weight is 319 g/mol. The van der Waals surface area contributed by atoms with Crippen LogP contribution in [0.15, 0.2) is 9.52 Å². The van der Waals surface area contributed by atoms with Gasteiger partial charge in [-0.1, -0.05) is 25.4 Å². The number of nitrogens with zero attached hydrogens (tertiary/aromatic N) is 4. The van der Waals surface area contributed by atoms with Crippen LogP contribution in [0.25, 0.3) is 0 Å². The van der Waals surface area contributed by atoms with Crippen LogP contribution in [0.2, 0.25) is 0 Å². The van der Waals surface area contributed by atoms with Crippen LogP contribution < -0.4 is 5.32 Å². The molecule has 6 heteroatoms. The number of aliphatic imine (C=N–C) groups is 1. The van der Waals surface area contributed by atoms with E-state index in [-0.39, 0.29) is 0 Å². The van der Waals surface area contributed by atoms with Crippen LogP contribution in [-0.2, 0) is 6.42 Å². The first kappa shape index (κ1) is 16.3. The fourth-order valence-corrected chi connectivity index (χ4v) is 3.58. The molecule has 0 radical (unpaired) electrons. The molecule has 2 heterocycles. The number of nitrogens with one attached hydrogen (secondary N) is 1. The first-order valence-corrected chi connectivity index (χ1v) is 8.90. The number of hydrogen-bond donors (Lipinski definition) is 1. The lowest BCUT2D eigenvalue weighted by molar-refractivity contribution is 0.151. The number of aryl methyl sites for hydroxylation is 1. The molecule has 0 amide bonds. The zero-order valence-corrected chi connectivity index (χ0v) is 14.6. The van der Waals surface area contributed by atoms with Crippen LogP contribution >= 0.6 is 0 Å². The average Bonchev–Trinajstić information content (AvgIpc) is 3.14. The van der Waals surface area contributed by atoms with E-state index in [1.54, 1.807) is 0 Å². The molecule has 6 nitrogen and oxygen atoms in total. The summed E-state index contributed by atoms with van der Waals surface area (Å²) in [6, 6.07) is 0. The largest absolute Gasteiger partial charge is 0.356 e. The summed E-state index contributed by atoms with van der Waals surface area (Å²) in [5.41, 5.74) is 0.606. The number of hydrogen-bond acceptors (Lipinski definition) is 4. The van der Waals surface area contributed by atoms with E-state index in [2.05, 4.69) is 39.2 Å². The summed E-state index contributed by atoms with van der Waals surface area (Å²) in [4.78, 5) is 11.3. The summed E-state index contributed by atoms with van der Waals surface area (Å²) in [5.74, 6) is 2.90. The maximum Gasteiger partial charge on any atom is 0.226 e. The van der Waals surface area contributed by atoms with Gasteiger partial charge in [0, 0.05) is 39.0 Å². The smallest absolute Gasteiger partial charge is 0.226 e. The lowest BCUT2D eigenvalue weighted by Crippen LogP contribution is -2.42. The van der Waals surface area contributed by atoms with Crippen molar-refractivity contribution in [2.24, 2.45) is 10.4 Å². The lowest BCUT2D eigenvalue weighted by atomic mass is 9.68. The molecule has 1 aliphatic carbocycles. The van der Waals surface area contributed by atoms with Gasteiger partial charge in [-0.3, -0.25) is 4.99 Å². The molecule has 2 aliphatic rings. The van der Waals surface area contributed by atoms with Crippen LogP contribution in [0.5, 0.6) is 0 Å². The Balaban J connectivity index is 1.40. The van der Waals surface area contributed by atoms with E-state index in [1.807, 2.05) is 7.05 Å². The second-order valence-corrected chi connectivity index (χ2v) is 7.30. The van der Waals surface area contributed by atoms with Crippen molar-refractivity contribution in [3.05, 3.63) is 11.7 Å². The van der Waals surface area contributed by atoms with Gasteiger partial charge in [0.15, 0.2) is 11.8 Å². The second-order valence-electron chi connectivity index (χ2n) is 7.30. The fraction of sp³-hybridized carbons (Fsp3) is 0.824. The predicted molar refractivity (Wildman–Crippen MR) is 90.5 cm³/mol. The molecule has 1 aliphatic heterocycles. The summed E-state index contributed by atoms with van der Waals surface area (Å²) in [6.07, 6.45) is 7.31. The monoisotopic (exact) mass is 319 g/mol. The van der Waals surface area contributed by atoms with Crippen molar-refractivity contribution in [1.29, 1.82) is 0 Å². The van der Waals surface area contributed by atoms with Crippen molar-refractivity contribution in [1.82, 2.24) is 20.4 Å². The number of guanidine groups is 1. The van der Waals surface area contributed by atoms with Gasteiger partial charge in [0.2, 0.25) is 5.89 Å². The molecule has 1 spiro atoms. The standard InChI is InChI=1S/C17H29N5O/c1-13(2)15-20-14(23-21-15)6-4-10-19-16(18-3)22-11-9-17(12-22)7-5-8-17/h13H,4-12H2,1-3H3,(H,18,19). The molecule has 128 valence electrons. The summed E-state index contributed by atoms with van der Waals surface area (Å²) < 4.78 is 5.28. The van der Waals surface area contributed by atoms with Crippen molar-refractivity contribution in [3.8, 4) is 0 Å². The molecule has 1 aromatic rings. The van der Waals surface area contributed by atoms with Gasteiger partial charge in [0.1, 0.15) is 0 Å². The molecule has 0 unspecified atom stereocenters. The molecule has 0 aromatic carbocycles. The zero-order chi connectivity index (χ0) is 16.3. The van der Waals surface area contributed by atoms with Gasteiger partial charge in [-0.2, -0.15) is 4.98 Å². The van der Waals surface area contributed by atoms with E-state index in [9.17, 15) is 0 Å². The molecule has 1 aromatic heterocycles. The van der Waals surface area contributed by atoms with Crippen LogP contribution in [-0.4, -0.2) is 47.7 Å². The van der Waals surface area contributed by atoms with Crippen LogP contribution in [0.3, 0.4) is 0 Å². The van der Waals surface area contributed by atoms with Gasteiger partial charge in [0.25, 0.3) is 0 Å². The highest BCUT2D eigenvalue weighted by Crippen LogP contribution is 2.47. The van der Waals surface area contributed by atoms with E-state index >= 15 is 0 Å². The predicted octanol–water partition coefficient (Wildman–Crippen LogP) is 2.58. The van der Waals surface area contributed by atoms with Crippen molar-refractivity contribution >= 4 is 5.96 Å². The Morgan fingerprint density at radius 3 is 2.78 bits per heavy atom. The van der Waals surface area contributed by atoms with Crippen LogP contribution in [0.1, 0.15) is 63.6 Å². The first-order chi connectivity index (χ1) is 11.1. The second kappa shape index (κ2) is 6.89. The Bertz CT molecular complexity index is 547. The molecule has 3 rings (SSSR count). The van der Waals surface area contributed by atoms with Gasteiger partial charge >= 0.3 is 0 Å². The van der Waals surface area contributed by atoms with Gasteiger partial charge in [0.05, 0.1) is 0 Å². The van der Waals surface area contributed by atoms with Crippen molar-refractivity contribution in [2.75, 3.05) is 26.7 Å². The molecule has 1 saturated heterocycles. The number of rotatable bonds is 5. The Kier molecular flexibility index (Phi) is 4.87. The highest BCUT2D eigenvalue weighted by atomic mass is 16.5. The summed E-state index contributed by atoms with van der Waals surface area (Å²) in [7, 11) is 1.88. The molecule has 1 saturated carbocycles. The van der Waals surface area contributed by atoms with Gasteiger partial charge in [-0.05, 0) is 31.1 Å². The Hall–Kier alpha value is -1.59. The molecular formula is C17H29N5O. The van der Waals surface area contributed by atoms with E-state index in [0.717, 1.165) is 43.6 Å². The van der Waals surface area contributed by atoms with Gasteiger partial charge < -0.3 is 14.7 Å². The minimum absolute atomic E-state index is 0.318. The number of aromatic nitrogens is 2. The van der Waals surface area contributed by atoms with Crippen molar-refractivity contribution in [3.63, 3.8) is 0 Å². The molecule has 1 N–H and O–H groups in total. The Morgan fingerprint density at radius 1 is 1.39 bits per heavy atom. The topological polar surface area (TPSA) is 66.5 Å². The van der Waals surface area contributed by atoms with E-state index in [4.69, 9.17) is 4.52 Å². The molecule has 2 fully saturated rings. The molecule has 23 heavy (non-hydrogen) atoms. The van der Waals surface area contributed by atoms with Crippen LogP contribution in [0, 0.1) is 5.41 Å². The quantitative estimate of drug-likeness (QED) is 0.513. The number of likely N-dealkylation sites (tertiary alicyclic amines) is 1. The first-order valence-electron chi connectivity index (χ1n) is 8.90. The van der Waals surface area contributed by atoms with E-state index in [0.29, 0.717) is 11.3 Å². The third-order valence-electron chi connectivity index (χ3n) is 5.21. The third kappa shape index (κ3) is 3.67. The van der Waals surface area contributed by atoms with Crippen LogP contribution in [0.4, 0.5) is 0 Å². The fourth-order valence-electron chi connectivity index (χ4n) is 3.58.